The Morgan fingerprint density at radius 3 is 2.35 bits per heavy atom. The Hall–Kier alpha value is -2.88. The molecule has 0 unspecified atom stereocenters. The van der Waals surface area contributed by atoms with E-state index in [-0.39, 0.29) is 5.78 Å². The summed E-state index contributed by atoms with van der Waals surface area (Å²) in [4.78, 5) is 15.5. The molecular weight excluding hydrogens is 406 g/mol. The highest BCUT2D eigenvalue weighted by Crippen LogP contribution is 2.38. The molecule has 0 aliphatic heterocycles. The van der Waals surface area contributed by atoms with Crippen molar-refractivity contribution in [3.63, 3.8) is 0 Å². The maximum atomic E-state index is 13.4. The molecule has 0 bridgehead atoms. The standard InChI is InChI=1S/C27H26ClNO2/c1-29(2)17-18-31-23-14-9-20(10-15-23)26-24-6-4-3-5-19(24)11-16-25(26)27(30)21-7-12-22(28)13-8-21/h3-10,12-15H,11,16-18H2,1-2H3. The molecule has 1 aliphatic carbocycles. The number of halogens is 1. The van der Waals surface area contributed by atoms with Crippen molar-refractivity contribution in [1.29, 1.82) is 0 Å². The van der Waals surface area contributed by atoms with E-state index in [4.69, 9.17) is 16.3 Å². The van der Waals surface area contributed by atoms with E-state index < -0.39 is 0 Å². The number of carbonyl (C=O) groups excluding carboxylic acids is 1. The number of rotatable bonds is 7. The van der Waals surface area contributed by atoms with Crippen molar-refractivity contribution < 1.29 is 9.53 Å². The van der Waals surface area contributed by atoms with Gasteiger partial charge in [0.2, 0.25) is 0 Å². The lowest BCUT2D eigenvalue weighted by molar-refractivity contribution is 0.103. The van der Waals surface area contributed by atoms with Crippen LogP contribution < -0.4 is 4.74 Å². The SMILES string of the molecule is CN(C)CCOc1ccc(C2=C(C(=O)c3ccc(Cl)cc3)CCc3ccccc32)cc1. The number of ketones is 1. The molecule has 0 atom stereocenters. The lowest BCUT2D eigenvalue weighted by atomic mass is 9.80. The highest BCUT2D eigenvalue weighted by Gasteiger charge is 2.25. The number of hydrogen-bond acceptors (Lipinski definition) is 3. The van der Waals surface area contributed by atoms with Crippen LogP contribution in [0, 0.1) is 0 Å². The molecule has 0 N–H and O–H groups in total. The molecular formula is C27H26ClNO2. The van der Waals surface area contributed by atoms with Gasteiger partial charge in [-0.15, -0.1) is 0 Å². The molecule has 0 radical (unpaired) electrons. The van der Waals surface area contributed by atoms with Gasteiger partial charge < -0.3 is 9.64 Å². The number of aryl methyl sites for hydroxylation is 1. The fraction of sp³-hybridized carbons (Fsp3) is 0.222. The van der Waals surface area contributed by atoms with Crippen molar-refractivity contribution in [3.05, 3.63) is 106 Å². The van der Waals surface area contributed by atoms with Gasteiger partial charge in [0.15, 0.2) is 5.78 Å². The number of fused-ring (bicyclic) bond motifs is 1. The van der Waals surface area contributed by atoms with Gasteiger partial charge in [-0.25, -0.2) is 0 Å². The predicted molar refractivity (Wildman–Crippen MR) is 127 cm³/mol. The molecule has 3 aromatic rings. The van der Waals surface area contributed by atoms with Crippen LogP contribution in [0.25, 0.3) is 5.57 Å². The molecule has 4 heteroatoms. The summed E-state index contributed by atoms with van der Waals surface area (Å²) in [5.41, 5.74) is 5.97. The lowest BCUT2D eigenvalue weighted by Crippen LogP contribution is -2.19. The van der Waals surface area contributed by atoms with Gasteiger partial charge in [0, 0.05) is 22.7 Å². The van der Waals surface area contributed by atoms with Crippen LogP contribution in [0.5, 0.6) is 5.75 Å². The zero-order valence-corrected chi connectivity index (χ0v) is 18.7. The summed E-state index contributed by atoms with van der Waals surface area (Å²) < 4.78 is 5.85. The third-order valence-electron chi connectivity index (χ3n) is 5.56. The summed E-state index contributed by atoms with van der Waals surface area (Å²) in [7, 11) is 4.05. The van der Waals surface area contributed by atoms with E-state index in [0.717, 1.165) is 47.4 Å². The van der Waals surface area contributed by atoms with Crippen molar-refractivity contribution in [2.75, 3.05) is 27.2 Å². The molecule has 158 valence electrons. The van der Waals surface area contributed by atoms with Gasteiger partial charge in [-0.2, -0.15) is 0 Å². The minimum Gasteiger partial charge on any atom is -0.492 e. The maximum Gasteiger partial charge on any atom is 0.189 e. The topological polar surface area (TPSA) is 29.5 Å². The third kappa shape index (κ3) is 4.90. The van der Waals surface area contributed by atoms with E-state index in [9.17, 15) is 4.79 Å². The number of likely N-dealkylation sites (N-methyl/N-ethyl adjacent to an activating group) is 1. The molecule has 3 nitrogen and oxygen atoms in total. The lowest BCUT2D eigenvalue weighted by Gasteiger charge is -2.23. The Balaban J connectivity index is 1.72. The normalized spacial score (nSPS) is 13.3. The molecule has 31 heavy (non-hydrogen) atoms. The molecule has 1 aliphatic rings. The number of allylic oxidation sites excluding steroid dienone is 1. The molecule has 0 saturated heterocycles. The number of hydrogen-bond donors (Lipinski definition) is 0. The van der Waals surface area contributed by atoms with Gasteiger partial charge in [0.25, 0.3) is 0 Å². The second-order valence-electron chi connectivity index (χ2n) is 8.02. The summed E-state index contributed by atoms with van der Waals surface area (Å²) >= 11 is 6.02. The number of nitrogens with zero attached hydrogens (tertiary/aromatic N) is 1. The Morgan fingerprint density at radius 2 is 1.65 bits per heavy atom. The zero-order chi connectivity index (χ0) is 21.8. The first-order valence-electron chi connectivity index (χ1n) is 10.5. The highest BCUT2D eigenvalue weighted by molar-refractivity contribution is 6.30. The van der Waals surface area contributed by atoms with Gasteiger partial charge in [0.1, 0.15) is 12.4 Å². The summed E-state index contributed by atoms with van der Waals surface area (Å²) in [6, 6.07) is 23.6. The molecule has 3 aromatic carbocycles. The maximum absolute atomic E-state index is 13.4. The summed E-state index contributed by atoms with van der Waals surface area (Å²) in [5, 5.41) is 0.629. The Kier molecular flexibility index (Phi) is 6.55. The fourth-order valence-electron chi connectivity index (χ4n) is 3.93. The number of carbonyl (C=O) groups is 1. The van der Waals surface area contributed by atoms with Crippen molar-refractivity contribution >= 4 is 23.0 Å². The second-order valence-corrected chi connectivity index (χ2v) is 8.46. The molecule has 0 fully saturated rings. The first-order valence-corrected chi connectivity index (χ1v) is 10.9. The van der Waals surface area contributed by atoms with Crippen LogP contribution in [0.15, 0.2) is 78.4 Å². The average Bonchev–Trinajstić information content (AvgIpc) is 2.79. The fourth-order valence-corrected chi connectivity index (χ4v) is 4.05. The molecule has 0 aromatic heterocycles. The smallest absolute Gasteiger partial charge is 0.189 e. The number of ether oxygens (including phenoxy) is 1. The van der Waals surface area contributed by atoms with E-state index in [1.54, 1.807) is 24.3 Å². The Labute approximate surface area is 188 Å². The van der Waals surface area contributed by atoms with E-state index in [1.807, 2.05) is 32.3 Å². The monoisotopic (exact) mass is 431 g/mol. The molecule has 0 spiro atoms. The summed E-state index contributed by atoms with van der Waals surface area (Å²) in [5.74, 6) is 0.897. The van der Waals surface area contributed by atoms with Crippen LogP contribution in [0.2, 0.25) is 5.02 Å². The van der Waals surface area contributed by atoms with E-state index >= 15 is 0 Å². The van der Waals surface area contributed by atoms with Gasteiger partial charge in [-0.1, -0.05) is 48.0 Å². The van der Waals surface area contributed by atoms with Crippen LogP contribution in [0.4, 0.5) is 0 Å². The molecule has 0 saturated carbocycles. The molecule has 4 rings (SSSR count). The quantitative estimate of drug-likeness (QED) is 0.435. The van der Waals surface area contributed by atoms with Crippen molar-refractivity contribution in [3.8, 4) is 5.75 Å². The van der Waals surface area contributed by atoms with Gasteiger partial charge in [-0.05, 0) is 85.6 Å². The van der Waals surface area contributed by atoms with E-state index in [0.29, 0.717) is 17.2 Å². The largest absolute Gasteiger partial charge is 0.492 e. The number of Topliss-reactive ketones (excluding diaryl/α,β-unsaturated/α-hetero) is 1. The second kappa shape index (κ2) is 9.51. The molecule has 0 heterocycles. The van der Waals surface area contributed by atoms with Gasteiger partial charge >= 0.3 is 0 Å². The van der Waals surface area contributed by atoms with Crippen LogP contribution in [0.3, 0.4) is 0 Å². The minimum absolute atomic E-state index is 0.0625. The molecule has 0 amide bonds. The zero-order valence-electron chi connectivity index (χ0n) is 17.9. The third-order valence-corrected chi connectivity index (χ3v) is 5.82. The summed E-state index contributed by atoms with van der Waals surface area (Å²) in [6.07, 6.45) is 1.58. The minimum atomic E-state index is 0.0625. The van der Waals surface area contributed by atoms with Crippen LogP contribution in [0.1, 0.15) is 33.5 Å². The van der Waals surface area contributed by atoms with Gasteiger partial charge in [0.05, 0.1) is 0 Å². The van der Waals surface area contributed by atoms with Crippen LogP contribution in [-0.4, -0.2) is 37.9 Å². The average molecular weight is 432 g/mol. The Morgan fingerprint density at radius 1 is 0.935 bits per heavy atom. The van der Waals surface area contributed by atoms with E-state index in [1.165, 1.54) is 5.56 Å². The van der Waals surface area contributed by atoms with Gasteiger partial charge in [-0.3, -0.25) is 4.79 Å². The van der Waals surface area contributed by atoms with Crippen molar-refractivity contribution in [2.24, 2.45) is 0 Å². The van der Waals surface area contributed by atoms with Crippen molar-refractivity contribution in [2.45, 2.75) is 12.8 Å². The summed E-state index contributed by atoms with van der Waals surface area (Å²) in [6.45, 7) is 1.50. The number of benzene rings is 3. The Bertz CT molecular complexity index is 1100. The highest BCUT2D eigenvalue weighted by atomic mass is 35.5. The first-order chi connectivity index (χ1) is 15.0. The van der Waals surface area contributed by atoms with Crippen LogP contribution in [-0.2, 0) is 6.42 Å². The van der Waals surface area contributed by atoms with Crippen LogP contribution >= 0.6 is 11.6 Å². The van der Waals surface area contributed by atoms with E-state index in [2.05, 4.69) is 35.2 Å². The van der Waals surface area contributed by atoms with Crippen molar-refractivity contribution in [1.82, 2.24) is 4.90 Å². The predicted octanol–water partition coefficient (Wildman–Crippen LogP) is 5.91. The first kappa shape index (κ1) is 21.4.